The maximum absolute atomic E-state index is 12.3. The molecular weight excluding hydrogens is 280 g/mol. The second-order valence-electron chi connectivity index (χ2n) is 6.35. The molecule has 0 fully saturated rings. The summed E-state index contributed by atoms with van der Waals surface area (Å²) in [7, 11) is 1.50. The highest BCUT2D eigenvalue weighted by Crippen LogP contribution is 2.29. The quantitative estimate of drug-likeness (QED) is 0.822. The Hall–Kier alpha value is -2.04. The molecule has 0 saturated heterocycles. The van der Waals surface area contributed by atoms with Crippen LogP contribution < -0.4 is 15.6 Å². The molecule has 0 heterocycles. The van der Waals surface area contributed by atoms with Crippen molar-refractivity contribution < 1.29 is 14.3 Å². The van der Waals surface area contributed by atoms with Crippen molar-refractivity contribution in [1.82, 2.24) is 10.9 Å². The fourth-order valence-electron chi connectivity index (χ4n) is 2.35. The molecule has 1 aromatic rings. The van der Waals surface area contributed by atoms with Gasteiger partial charge in [-0.3, -0.25) is 20.4 Å². The highest BCUT2D eigenvalue weighted by Gasteiger charge is 2.30. The first kappa shape index (κ1) is 18.0. The Balaban J connectivity index is 2.72. The van der Waals surface area contributed by atoms with E-state index in [0.717, 1.165) is 12.8 Å². The van der Waals surface area contributed by atoms with E-state index in [-0.39, 0.29) is 17.2 Å². The molecule has 0 aliphatic rings. The molecule has 0 aliphatic carbocycles. The zero-order chi connectivity index (χ0) is 16.8. The minimum absolute atomic E-state index is 0.157. The largest absolute Gasteiger partial charge is 0.496 e. The van der Waals surface area contributed by atoms with Gasteiger partial charge in [-0.15, -0.1) is 0 Å². The Bertz CT molecular complexity index is 521. The van der Waals surface area contributed by atoms with Gasteiger partial charge in [0.2, 0.25) is 5.91 Å². The van der Waals surface area contributed by atoms with E-state index in [2.05, 4.69) is 10.9 Å². The summed E-state index contributed by atoms with van der Waals surface area (Å²) in [5, 5.41) is 0. The molecular formula is C17H26N2O3. The summed E-state index contributed by atoms with van der Waals surface area (Å²) >= 11 is 0. The van der Waals surface area contributed by atoms with Gasteiger partial charge in [-0.25, -0.2) is 0 Å². The molecule has 0 radical (unpaired) electrons. The van der Waals surface area contributed by atoms with E-state index in [9.17, 15) is 9.59 Å². The second-order valence-corrected chi connectivity index (χ2v) is 6.35. The van der Waals surface area contributed by atoms with Crippen molar-refractivity contribution in [2.45, 2.75) is 40.5 Å². The monoisotopic (exact) mass is 306 g/mol. The Kier molecular flexibility index (Phi) is 6.40. The van der Waals surface area contributed by atoms with Crippen LogP contribution >= 0.6 is 0 Å². The van der Waals surface area contributed by atoms with E-state index in [1.807, 2.05) is 27.7 Å². The van der Waals surface area contributed by atoms with Crippen molar-refractivity contribution in [2.75, 3.05) is 7.11 Å². The van der Waals surface area contributed by atoms with Gasteiger partial charge >= 0.3 is 0 Å². The molecule has 1 aromatic carbocycles. The van der Waals surface area contributed by atoms with Crippen molar-refractivity contribution in [3.8, 4) is 5.75 Å². The lowest BCUT2D eigenvalue weighted by atomic mass is 9.78. The number of nitrogens with one attached hydrogen (secondary N) is 2. The average Bonchev–Trinajstić information content (AvgIpc) is 2.48. The zero-order valence-corrected chi connectivity index (χ0v) is 14.0. The highest BCUT2D eigenvalue weighted by atomic mass is 16.5. The van der Waals surface area contributed by atoms with Crippen LogP contribution in [0.4, 0.5) is 0 Å². The fraction of sp³-hybridized carbons (Fsp3) is 0.529. The van der Waals surface area contributed by atoms with Gasteiger partial charge in [0.05, 0.1) is 12.7 Å². The number of hydrogen-bond acceptors (Lipinski definition) is 3. The van der Waals surface area contributed by atoms with Gasteiger partial charge in [-0.05, 0) is 24.0 Å². The van der Waals surface area contributed by atoms with E-state index in [4.69, 9.17) is 4.74 Å². The molecule has 0 bridgehead atoms. The number of hydrogen-bond donors (Lipinski definition) is 2. The third-order valence-electron chi connectivity index (χ3n) is 3.59. The van der Waals surface area contributed by atoms with Crippen LogP contribution in [0.1, 0.15) is 50.9 Å². The van der Waals surface area contributed by atoms with Gasteiger partial charge in [0, 0.05) is 5.92 Å². The maximum Gasteiger partial charge on any atom is 0.273 e. The van der Waals surface area contributed by atoms with Crippen LogP contribution in [0.15, 0.2) is 24.3 Å². The predicted molar refractivity (Wildman–Crippen MR) is 86.5 cm³/mol. The van der Waals surface area contributed by atoms with Crippen molar-refractivity contribution in [1.29, 1.82) is 0 Å². The highest BCUT2D eigenvalue weighted by molar-refractivity contribution is 5.98. The molecule has 22 heavy (non-hydrogen) atoms. The molecule has 0 aromatic heterocycles. The Morgan fingerprint density at radius 3 is 2.36 bits per heavy atom. The number of para-hydroxylation sites is 1. The van der Waals surface area contributed by atoms with Crippen LogP contribution in [-0.4, -0.2) is 18.9 Å². The van der Waals surface area contributed by atoms with Crippen molar-refractivity contribution in [2.24, 2.45) is 11.3 Å². The fourth-order valence-corrected chi connectivity index (χ4v) is 2.35. The summed E-state index contributed by atoms with van der Waals surface area (Å²) in [6.45, 7) is 8.11. The van der Waals surface area contributed by atoms with Crippen LogP contribution in [0.3, 0.4) is 0 Å². The number of methoxy groups -OCH3 is 1. The van der Waals surface area contributed by atoms with Crippen LogP contribution in [0, 0.1) is 11.3 Å². The Labute approximate surface area is 132 Å². The van der Waals surface area contributed by atoms with Gasteiger partial charge < -0.3 is 4.74 Å². The van der Waals surface area contributed by atoms with E-state index < -0.39 is 5.91 Å². The van der Waals surface area contributed by atoms with Crippen LogP contribution in [0.2, 0.25) is 0 Å². The Morgan fingerprint density at radius 1 is 1.18 bits per heavy atom. The molecule has 0 saturated carbocycles. The maximum atomic E-state index is 12.3. The molecule has 0 aliphatic heterocycles. The number of rotatable bonds is 5. The van der Waals surface area contributed by atoms with Crippen LogP contribution in [-0.2, 0) is 4.79 Å². The number of amides is 2. The number of hydrazine groups is 1. The van der Waals surface area contributed by atoms with Crippen molar-refractivity contribution in [3.63, 3.8) is 0 Å². The minimum Gasteiger partial charge on any atom is -0.496 e. The van der Waals surface area contributed by atoms with Gasteiger partial charge in [0.25, 0.3) is 5.91 Å². The minimum atomic E-state index is -0.394. The van der Waals surface area contributed by atoms with E-state index in [1.165, 1.54) is 7.11 Å². The molecule has 1 atom stereocenters. The predicted octanol–water partition coefficient (Wildman–Crippen LogP) is 2.92. The summed E-state index contributed by atoms with van der Waals surface area (Å²) in [6, 6.07) is 6.87. The third kappa shape index (κ3) is 4.76. The number of carbonyl (C=O) groups is 2. The molecule has 5 heteroatoms. The summed E-state index contributed by atoms with van der Waals surface area (Å²) < 4.78 is 5.14. The molecule has 0 spiro atoms. The average molecular weight is 306 g/mol. The van der Waals surface area contributed by atoms with E-state index in [0.29, 0.717) is 11.3 Å². The summed E-state index contributed by atoms with van der Waals surface area (Å²) in [5.41, 5.74) is 5.22. The third-order valence-corrected chi connectivity index (χ3v) is 3.59. The molecule has 122 valence electrons. The first-order chi connectivity index (χ1) is 10.3. The summed E-state index contributed by atoms with van der Waals surface area (Å²) in [6.07, 6.45) is 1.69. The lowest BCUT2D eigenvalue weighted by molar-refractivity contribution is -0.129. The first-order valence-corrected chi connectivity index (χ1v) is 7.54. The van der Waals surface area contributed by atoms with Crippen molar-refractivity contribution >= 4 is 11.8 Å². The standard InChI is InChI=1S/C17H26N2O3/c1-6-9-13(17(2,3)4)16(21)19-18-15(20)12-10-7-8-11-14(12)22-5/h7-8,10-11,13H,6,9H2,1-5H3,(H,18,20)(H,19,21). The number of ether oxygens (including phenoxy) is 1. The first-order valence-electron chi connectivity index (χ1n) is 7.54. The van der Waals surface area contributed by atoms with Gasteiger partial charge in [0.1, 0.15) is 5.75 Å². The second kappa shape index (κ2) is 7.82. The molecule has 1 rings (SSSR count). The zero-order valence-electron chi connectivity index (χ0n) is 14.0. The normalized spacial score (nSPS) is 12.4. The lowest BCUT2D eigenvalue weighted by Crippen LogP contribution is -2.47. The summed E-state index contributed by atoms with van der Waals surface area (Å²) in [4.78, 5) is 24.5. The summed E-state index contributed by atoms with van der Waals surface area (Å²) in [5.74, 6) is -0.252. The van der Waals surface area contributed by atoms with E-state index in [1.54, 1.807) is 24.3 Å². The number of benzene rings is 1. The van der Waals surface area contributed by atoms with Crippen molar-refractivity contribution in [3.05, 3.63) is 29.8 Å². The smallest absolute Gasteiger partial charge is 0.273 e. The van der Waals surface area contributed by atoms with E-state index >= 15 is 0 Å². The van der Waals surface area contributed by atoms with Gasteiger partial charge in [-0.1, -0.05) is 46.2 Å². The van der Waals surface area contributed by atoms with Crippen LogP contribution in [0.5, 0.6) is 5.75 Å². The molecule has 1 unspecified atom stereocenters. The number of carbonyl (C=O) groups excluding carboxylic acids is 2. The SMILES string of the molecule is CCCC(C(=O)NNC(=O)c1ccccc1OC)C(C)(C)C. The topological polar surface area (TPSA) is 67.4 Å². The molecule has 5 nitrogen and oxygen atoms in total. The lowest BCUT2D eigenvalue weighted by Gasteiger charge is -2.29. The van der Waals surface area contributed by atoms with Gasteiger partial charge in [0.15, 0.2) is 0 Å². The van der Waals surface area contributed by atoms with Gasteiger partial charge in [-0.2, -0.15) is 0 Å². The van der Waals surface area contributed by atoms with Crippen LogP contribution in [0.25, 0.3) is 0 Å². The Morgan fingerprint density at radius 2 is 1.82 bits per heavy atom. The molecule has 2 amide bonds. The molecule has 2 N–H and O–H groups in total.